The Balaban J connectivity index is 1.42. The number of likely N-dealkylation sites (tertiary alicyclic amines) is 1. The molecule has 4 rings (SSSR count). The lowest BCUT2D eigenvalue weighted by atomic mass is 9.84. The summed E-state index contributed by atoms with van der Waals surface area (Å²) < 4.78 is 0. The van der Waals surface area contributed by atoms with Crippen molar-refractivity contribution in [3.63, 3.8) is 0 Å². The van der Waals surface area contributed by atoms with E-state index in [1.54, 1.807) is 0 Å². The van der Waals surface area contributed by atoms with Gasteiger partial charge < -0.3 is 4.90 Å². The second-order valence-electron chi connectivity index (χ2n) is 6.63. The van der Waals surface area contributed by atoms with Crippen molar-refractivity contribution in [1.82, 2.24) is 20.1 Å². The number of hydrogen-bond donors (Lipinski definition) is 1. The minimum atomic E-state index is 0.00924. The molecule has 1 fully saturated rings. The van der Waals surface area contributed by atoms with Crippen molar-refractivity contribution in [1.29, 1.82) is 0 Å². The molecule has 1 N–H and O–H groups in total. The van der Waals surface area contributed by atoms with E-state index < -0.39 is 0 Å². The monoisotopic (exact) mass is 310 g/mol. The molecule has 1 atom stereocenters. The Labute approximate surface area is 136 Å². The van der Waals surface area contributed by atoms with E-state index >= 15 is 0 Å². The summed E-state index contributed by atoms with van der Waals surface area (Å²) in [5.41, 5.74) is 3.63. The van der Waals surface area contributed by atoms with Crippen LogP contribution < -0.4 is 0 Å². The Hall–Kier alpha value is -2.17. The van der Waals surface area contributed by atoms with Crippen molar-refractivity contribution in [2.45, 2.75) is 43.9 Å². The first-order valence-electron chi connectivity index (χ1n) is 8.54. The Morgan fingerprint density at radius 1 is 1.17 bits per heavy atom. The van der Waals surface area contributed by atoms with E-state index in [1.807, 2.05) is 18.6 Å². The van der Waals surface area contributed by atoms with Gasteiger partial charge in [0, 0.05) is 36.7 Å². The van der Waals surface area contributed by atoms with Crippen LogP contribution in [0.1, 0.15) is 54.3 Å². The molecular weight excluding hydrogens is 288 g/mol. The molecule has 0 radical (unpaired) electrons. The van der Waals surface area contributed by atoms with Gasteiger partial charge in [-0.2, -0.15) is 5.10 Å². The third-order valence-electron chi connectivity index (χ3n) is 5.33. The van der Waals surface area contributed by atoms with Crippen LogP contribution in [0.4, 0.5) is 0 Å². The maximum Gasteiger partial charge on any atom is 0.230 e. The van der Waals surface area contributed by atoms with E-state index in [1.165, 1.54) is 5.56 Å². The number of amides is 1. The molecule has 0 saturated carbocycles. The smallest absolute Gasteiger partial charge is 0.230 e. The normalized spacial score (nSPS) is 21.9. The predicted molar refractivity (Wildman–Crippen MR) is 87.1 cm³/mol. The van der Waals surface area contributed by atoms with E-state index in [4.69, 9.17) is 0 Å². The molecule has 1 unspecified atom stereocenters. The van der Waals surface area contributed by atoms with Gasteiger partial charge in [0.05, 0.1) is 12.1 Å². The third-order valence-corrected chi connectivity index (χ3v) is 5.33. The number of pyridine rings is 1. The van der Waals surface area contributed by atoms with Gasteiger partial charge in [-0.3, -0.25) is 14.9 Å². The van der Waals surface area contributed by atoms with Gasteiger partial charge >= 0.3 is 0 Å². The Kier molecular flexibility index (Phi) is 3.85. The number of rotatable bonds is 2. The zero-order valence-electron chi connectivity index (χ0n) is 13.2. The summed E-state index contributed by atoms with van der Waals surface area (Å²) in [5, 5.41) is 7.18. The summed E-state index contributed by atoms with van der Waals surface area (Å²) in [6, 6.07) is 4.20. The first-order valence-corrected chi connectivity index (χ1v) is 8.54. The number of nitrogens with zero attached hydrogens (tertiary/aromatic N) is 3. The molecule has 0 spiro atoms. The van der Waals surface area contributed by atoms with E-state index in [-0.39, 0.29) is 5.92 Å². The number of nitrogens with one attached hydrogen (secondary N) is 1. The van der Waals surface area contributed by atoms with Crippen LogP contribution in [-0.2, 0) is 11.2 Å². The topological polar surface area (TPSA) is 61.9 Å². The summed E-state index contributed by atoms with van der Waals surface area (Å²) in [6.45, 7) is 1.71. The minimum Gasteiger partial charge on any atom is -0.342 e. The average Bonchev–Trinajstić information content (AvgIpc) is 3.11. The van der Waals surface area contributed by atoms with Crippen LogP contribution >= 0.6 is 0 Å². The minimum absolute atomic E-state index is 0.00924. The van der Waals surface area contributed by atoms with Crippen LogP contribution in [-0.4, -0.2) is 39.1 Å². The molecule has 2 aromatic heterocycles. The third kappa shape index (κ3) is 2.76. The number of piperidine rings is 1. The van der Waals surface area contributed by atoms with Crippen LogP contribution in [0.3, 0.4) is 0 Å². The number of carbonyl (C=O) groups excluding carboxylic acids is 1. The molecule has 5 heteroatoms. The van der Waals surface area contributed by atoms with Crippen molar-refractivity contribution in [3.05, 3.63) is 47.5 Å². The first-order chi connectivity index (χ1) is 11.3. The molecule has 120 valence electrons. The number of carbonyl (C=O) groups is 1. The maximum atomic E-state index is 12.9. The largest absolute Gasteiger partial charge is 0.342 e. The zero-order chi connectivity index (χ0) is 15.6. The van der Waals surface area contributed by atoms with E-state index in [0.29, 0.717) is 11.8 Å². The van der Waals surface area contributed by atoms with E-state index in [0.717, 1.165) is 56.5 Å². The molecular formula is C18H22N4O. The van der Waals surface area contributed by atoms with Crippen LogP contribution in [0.2, 0.25) is 0 Å². The number of hydrogen-bond acceptors (Lipinski definition) is 3. The van der Waals surface area contributed by atoms with Gasteiger partial charge in [-0.25, -0.2) is 0 Å². The first kappa shape index (κ1) is 14.4. The van der Waals surface area contributed by atoms with E-state index in [9.17, 15) is 4.79 Å². The quantitative estimate of drug-likeness (QED) is 0.927. The number of fused-ring (bicyclic) bond motifs is 1. The van der Waals surface area contributed by atoms with Gasteiger partial charge in [0.15, 0.2) is 0 Å². The fraction of sp³-hybridized carbons (Fsp3) is 0.500. The molecule has 2 aliphatic rings. The second-order valence-corrected chi connectivity index (χ2v) is 6.63. The molecule has 23 heavy (non-hydrogen) atoms. The highest BCUT2D eigenvalue weighted by Gasteiger charge is 2.33. The lowest BCUT2D eigenvalue weighted by molar-refractivity contribution is -0.134. The molecule has 5 nitrogen and oxygen atoms in total. The summed E-state index contributed by atoms with van der Waals surface area (Å²) in [5.74, 6) is 0.855. The second kappa shape index (κ2) is 6.14. The molecule has 1 amide bonds. The Morgan fingerprint density at radius 2 is 1.96 bits per heavy atom. The highest BCUT2D eigenvalue weighted by Crippen LogP contribution is 2.34. The predicted octanol–water partition coefficient (Wildman–Crippen LogP) is 2.63. The Bertz CT molecular complexity index is 673. The van der Waals surface area contributed by atoms with Crippen molar-refractivity contribution in [3.8, 4) is 0 Å². The Morgan fingerprint density at radius 3 is 2.74 bits per heavy atom. The highest BCUT2D eigenvalue weighted by atomic mass is 16.2. The highest BCUT2D eigenvalue weighted by molar-refractivity contribution is 5.84. The molecule has 1 aliphatic carbocycles. The van der Waals surface area contributed by atoms with Gasteiger partial charge in [-0.05, 0) is 55.7 Å². The van der Waals surface area contributed by atoms with Crippen LogP contribution in [0.25, 0.3) is 0 Å². The summed E-state index contributed by atoms with van der Waals surface area (Å²) in [7, 11) is 0. The molecule has 3 heterocycles. The number of aromatic amines is 1. The fourth-order valence-corrected chi connectivity index (χ4v) is 4.01. The SMILES string of the molecule is O=C(C1CCCc2[nH]ncc21)N1CCC(c2ccncc2)CC1. The number of H-pyrrole nitrogens is 1. The van der Waals surface area contributed by atoms with Crippen LogP contribution in [0.5, 0.6) is 0 Å². The summed E-state index contributed by atoms with van der Waals surface area (Å²) in [4.78, 5) is 19.1. The number of aromatic nitrogens is 3. The lowest BCUT2D eigenvalue weighted by Crippen LogP contribution is -2.41. The summed E-state index contributed by atoms with van der Waals surface area (Å²) in [6.07, 6.45) is 10.7. The van der Waals surface area contributed by atoms with Crippen LogP contribution in [0.15, 0.2) is 30.7 Å². The maximum absolute atomic E-state index is 12.9. The van der Waals surface area contributed by atoms with Gasteiger partial charge in [-0.15, -0.1) is 0 Å². The lowest BCUT2D eigenvalue weighted by Gasteiger charge is -2.35. The van der Waals surface area contributed by atoms with E-state index in [2.05, 4.69) is 32.2 Å². The summed E-state index contributed by atoms with van der Waals surface area (Å²) >= 11 is 0. The number of aryl methyl sites for hydroxylation is 1. The molecule has 2 aromatic rings. The molecule has 0 bridgehead atoms. The zero-order valence-corrected chi connectivity index (χ0v) is 13.2. The van der Waals surface area contributed by atoms with Crippen LogP contribution in [0, 0.1) is 0 Å². The van der Waals surface area contributed by atoms with Gasteiger partial charge in [0.25, 0.3) is 0 Å². The van der Waals surface area contributed by atoms with Crippen molar-refractivity contribution in [2.24, 2.45) is 0 Å². The average molecular weight is 310 g/mol. The standard InChI is InChI=1S/C18H22N4O/c23-18(15-2-1-3-17-16(15)12-20-21-17)22-10-6-14(7-11-22)13-4-8-19-9-5-13/h4-5,8-9,12,14-15H,1-3,6-7,10-11H2,(H,20,21). The molecule has 0 aromatic carbocycles. The van der Waals surface area contributed by atoms with Gasteiger partial charge in [-0.1, -0.05) is 0 Å². The van der Waals surface area contributed by atoms with Crippen molar-refractivity contribution in [2.75, 3.05) is 13.1 Å². The fourth-order valence-electron chi connectivity index (χ4n) is 4.01. The molecule has 1 saturated heterocycles. The van der Waals surface area contributed by atoms with Crippen molar-refractivity contribution < 1.29 is 4.79 Å². The van der Waals surface area contributed by atoms with Crippen molar-refractivity contribution >= 4 is 5.91 Å². The molecule has 1 aliphatic heterocycles. The van der Waals surface area contributed by atoms with Gasteiger partial charge in [0.2, 0.25) is 5.91 Å². The van der Waals surface area contributed by atoms with Gasteiger partial charge in [0.1, 0.15) is 0 Å².